The van der Waals surface area contributed by atoms with Crippen molar-refractivity contribution < 1.29 is 19.1 Å². The number of likely N-dealkylation sites (tertiary alicyclic amines) is 1. The van der Waals surface area contributed by atoms with Crippen molar-refractivity contribution >= 4 is 29.1 Å². The van der Waals surface area contributed by atoms with Crippen LogP contribution in [0.1, 0.15) is 36.5 Å². The van der Waals surface area contributed by atoms with Crippen LogP contribution in [0.2, 0.25) is 0 Å². The van der Waals surface area contributed by atoms with Crippen LogP contribution in [0.5, 0.6) is 5.75 Å². The van der Waals surface area contributed by atoms with E-state index in [1.54, 1.807) is 60.5 Å². The maximum Gasteiger partial charge on any atom is 0.257 e. The van der Waals surface area contributed by atoms with Gasteiger partial charge in [0.1, 0.15) is 5.75 Å². The van der Waals surface area contributed by atoms with Crippen molar-refractivity contribution in [1.82, 2.24) is 4.90 Å². The van der Waals surface area contributed by atoms with Crippen molar-refractivity contribution in [3.8, 4) is 5.75 Å². The summed E-state index contributed by atoms with van der Waals surface area (Å²) in [7, 11) is 1.58. The van der Waals surface area contributed by atoms with Gasteiger partial charge in [-0.3, -0.25) is 14.4 Å². The number of hydrogen-bond acceptors (Lipinski definition) is 4. The van der Waals surface area contributed by atoms with Crippen LogP contribution in [-0.4, -0.2) is 42.8 Å². The molecule has 7 nitrogen and oxygen atoms in total. The number of nitrogens with one attached hydrogen (secondary N) is 2. The highest BCUT2D eigenvalue weighted by molar-refractivity contribution is 6.10. The molecule has 30 heavy (non-hydrogen) atoms. The number of methoxy groups -OCH3 is 1. The molecule has 2 N–H and O–H groups in total. The molecule has 1 aliphatic heterocycles. The minimum absolute atomic E-state index is 0.00846. The highest BCUT2D eigenvalue weighted by atomic mass is 16.5. The molecule has 1 heterocycles. The van der Waals surface area contributed by atoms with Crippen LogP contribution < -0.4 is 15.4 Å². The summed E-state index contributed by atoms with van der Waals surface area (Å²) in [6.45, 7) is 3.17. The summed E-state index contributed by atoms with van der Waals surface area (Å²) < 4.78 is 5.12. The molecule has 2 aromatic rings. The topological polar surface area (TPSA) is 87.7 Å². The van der Waals surface area contributed by atoms with E-state index in [0.29, 0.717) is 35.8 Å². The zero-order chi connectivity index (χ0) is 21.5. The van der Waals surface area contributed by atoms with E-state index in [2.05, 4.69) is 17.6 Å². The first-order valence-electron chi connectivity index (χ1n) is 10.1. The van der Waals surface area contributed by atoms with Crippen molar-refractivity contribution in [2.24, 2.45) is 5.92 Å². The molecular formula is C23H27N3O4. The quantitative estimate of drug-likeness (QED) is 0.698. The van der Waals surface area contributed by atoms with Crippen LogP contribution in [0.25, 0.3) is 0 Å². The second kappa shape index (κ2) is 9.91. The third kappa shape index (κ3) is 5.17. The maximum absolute atomic E-state index is 12.8. The van der Waals surface area contributed by atoms with Gasteiger partial charge in [0.05, 0.1) is 24.3 Å². The molecule has 1 aliphatic rings. The fraction of sp³-hybridized carbons (Fsp3) is 0.348. The highest BCUT2D eigenvalue weighted by Gasteiger charge is 2.34. The molecule has 1 fully saturated rings. The Bertz CT molecular complexity index is 911. The summed E-state index contributed by atoms with van der Waals surface area (Å²) in [5.74, 6) is -0.281. The summed E-state index contributed by atoms with van der Waals surface area (Å²) in [4.78, 5) is 39.4. The Morgan fingerprint density at radius 1 is 1.10 bits per heavy atom. The van der Waals surface area contributed by atoms with E-state index in [1.165, 1.54) is 0 Å². The lowest BCUT2D eigenvalue weighted by Gasteiger charge is -2.16. The molecule has 0 spiro atoms. The van der Waals surface area contributed by atoms with Crippen LogP contribution in [0, 0.1) is 5.92 Å². The number of nitrogens with zero attached hydrogens (tertiary/aromatic N) is 1. The lowest BCUT2D eigenvalue weighted by Crippen LogP contribution is -2.29. The van der Waals surface area contributed by atoms with Crippen LogP contribution in [0.15, 0.2) is 48.5 Å². The van der Waals surface area contributed by atoms with Crippen molar-refractivity contribution in [3.63, 3.8) is 0 Å². The molecule has 0 bridgehead atoms. The van der Waals surface area contributed by atoms with Gasteiger partial charge in [0.15, 0.2) is 0 Å². The molecule has 0 radical (unpaired) electrons. The largest absolute Gasteiger partial charge is 0.497 e. The van der Waals surface area contributed by atoms with E-state index in [0.717, 1.165) is 12.8 Å². The molecule has 0 aliphatic carbocycles. The van der Waals surface area contributed by atoms with E-state index in [1.807, 2.05) is 0 Å². The van der Waals surface area contributed by atoms with Crippen LogP contribution in [-0.2, 0) is 9.59 Å². The number of amides is 3. The normalized spacial score (nSPS) is 15.7. The van der Waals surface area contributed by atoms with Crippen LogP contribution in [0.4, 0.5) is 11.4 Å². The summed E-state index contributed by atoms with van der Waals surface area (Å²) in [6.07, 6.45) is 2.13. The summed E-state index contributed by atoms with van der Waals surface area (Å²) in [6, 6.07) is 13.8. The van der Waals surface area contributed by atoms with Crippen molar-refractivity contribution in [1.29, 1.82) is 0 Å². The molecule has 0 aromatic heterocycles. The number of benzene rings is 2. The second-order valence-electron chi connectivity index (χ2n) is 7.31. The average Bonchev–Trinajstić information content (AvgIpc) is 3.13. The number of rotatable bonds is 8. The average molecular weight is 409 g/mol. The van der Waals surface area contributed by atoms with Crippen LogP contribution >= 0.6 is 0 Å². The SMILES string of the molecule is CCCCN1C[C@H](C(=O)Nc2ccccc2C(=O)Nc2ccc(OC)cc2)CC1=O. The molecule has 0 unspecified atom stereocenters. The van der Waals surface area contributed by atoms with Crippen molar-refractivity contribution in [2.45, 2.75) is 26.2 Å². The molecule has 1 atom stereocenters. The van der Waals surface area contributed by atoms with E-state index < -0.39 is 5.92 Å². The summed E-state index contributed by atoms with van der Waals surface area (Å²) >= 11 is 0. The predicted molar refractivity (Wildman–Crippen MR) is 116 cm³/mol. The Morgan fingerprint density at radius 2 is 1.83 bits per heavy atom. The van der Waals surface area contributed by atoms with E-state index in [4.69, 9.17) is 4.74 Å². The Kier molecular flexibility index (Phi) is 7.06. The zero-order valence-electron chi connectivity index (χ0n) is 17.3. The van der Waals surface area contributed by atoms with Gasteiger partial charge in [-0.05, 0) is 42.8 Å². The van der Waals surface area contributed by atoms with Gasteiger partial charge in [-0.15, -0.1) is 0 Å². The zero-order valence-corrected chi connectivity index (χ0v) is 17.3. The number of para-hydroxylation sites is 1. The van der Waals surface area contributed by atoms with Gasteiger partial charge in [-0.1, -0.05) is 25.5 Å². The fourth-order valence-corrected chi connectivity index (χ4v) is 3.41. The van der Waals surface area contributed by atoms with Gasteiger partial charge >= 0.3 is 0 Å². The number of hydrogen-bond donors (Lipinski definition) is 2. The van der Waals surface area contributed by atoms with Crippen molar-refractivity contribution in [2.75, 3.05) is 30.8 Å². The van der Waals surface area contributed by atoms with E-state index >= 15 is 0 Å². The number of carbonyl (C=O) groups is 3. The minimum atomic E-state index is -0.410. The standard InChI is InChI=1S/C23H27N3O4/c1-3-4-13-26-15-16(14-21(26)27)22(28)25-20-8-6-5-7-19(20)23(29)24-17-9-11-18(30-2)12-10-17/h5-12,16H,3-4,13-15H2,1-2H3,(H,24,29)(H,25,28)/t16-/m1/s1. The molecule has 2 aromatic carbocycles. The third-order valence-corrected chi connectivity index (χ3v) is 5.14. The minimum Gasteiger partial charge on any atom is -0.497 e. The Balaban J connectivity index is 1.66. The lowest BCUT2D eigenvalue weighted by molar-refractivity contribution is -0.128. The van der Waals surface area contributed by atoms with Gasteiger partial charge in [-0.25, -0.2) is 0 Å². The summed E-state index contributed by atoms with van der Waals surface area (Å²) in [5, 5.41) is 5.66. The first-order valence-corrected chi connectivity index (χ1v) is 10.1. The Morgan fingerprint density at radius 3 is 2.53 bits per heavy atom. The van der Waals surface area contributed by atoms with Gasteiger partial charge < -0.3 is 20.3 Å². The molecule has 3 rings (SSSR count). The number of unbranched alkanes of at least 4 members (excludes halogenated alkanes) is 1. The van der Waals surface area contributed by atoms with Gasteiger partial charge in [0.2, 0.25) is 11.8 Å². The summed E-state index contributed by atoms with van der Waals surface area (Å²) in [5.41, 5.74) is 1.40. The Labute approximate surface area is 176 Å². The number of anilines is 2. The van der Waals surface area contributed by atoms with E-state index in [-0.39, 0.29) is 24.1 Å². The van der Waals surface area contributed by atoms with Crippen molar-refractivity contribution in [3.05, 3.63) is 54.1 Å². The fourth-order valence-electron chi connectivity index (χ4n) is 3.41. The third-order valence-electron chi connectivity index (χ3n) is 5.14. The lowest BCUT2D eigenvalue weighted by atomic mass is 10.1. The van der Waals surface area contributed by atoms with Gasteiger partial charge in [0, 0.05) is 25.2 Å². The van der Waals surface area contributed by atoms with Gasteiger partial charge in [-0.2, -0.15) is 0 Å². The molecule has 158 valence electrons. The number of carbonyl (C=O) groups excluding carboxylic acids is 3. The van der Waals surface area contributed by atoms with E-state index in [9.17, 15) is 14.4 Å². The highest BCUT2D eigenvalue weighted by Crippen LogP contribution is 2.23. The predicted octanol–water partition coefficient (Wildman–Crippen LogP) is 3.53. The smallest absolute Gasteiger partial charge is 0.257 e. The molecule has 3 amide bonds. The molecule has 1 saturated heterocycles. The second-order valence-corrected chi connectivity index (χ2v) is 7.31. The molecular weight excluding hydrogens is 382 g/mol. The maximum atomic E-state index is 12.8. The number of ether oxygens (including phenoxy) is 1. The van der Waals surface area contributed by atoms with Crippen LogP contribution in [0.3, 0.4) is 0 Å². The molecule has 0 saturated carbocycles. The molecule has 7 heteroatoms. The Hall–Kier alpha value is -3.35. The first-order chi connectivity index (χ1) is 14.5. The first kappa shape index (κ1) is 21.4. The van der Waals surface area contributed by atoms with Gasteiger partial charge in [0.25, 0.3) is 5.91 Å². The monoisotopic (exact) mass is 409 g/mol.